The molecule has 0 saturated heterocycles. The predicted octanol–water partition coefficient (Wildman–Crippen LogP) is 2.11. The van der Waals surface area contributed by atoms with Gasteiger partial charge in [-0.3, -0.25) is 9.78 Å². The van der Waals surface area contributed by atoms with Crippen LogP contribution in [0.1, 0.15) is 16.8 Å². The van der Waals surface area contributed by atoms with Crippen molar-refractivity contribution in [2.24, 2.45) is 0 Å². The number of aromatic nitrogens is 1. The zero-order chi connectivity index (χ0) is 14.4. The summed E-state index contributed by atoms with van der Waals surface area (Å²) in [5.41, 5.74) is 3.64. The number of hydrogen-bond acceptors (Lipinski definition) is 3. The maximum absolute atomic E-state index is 11.9. The van der Waals surface area contributed by atoms with Crippen molar-refractivity contribution in [3.05, 3.63) is 59.4 Å². The Balaban J connectivity index is 1.92. The third kappa shape index (κ3) is 4.17. The molecule has 0 aliphatic heterocycles. The molecule has 0 spiro atoms. The summed E-state index contributed by atoms with van der Waals surface area (Å²) in [4.78, 5) is 16.1. The van der Waals surface area contributed by atoms with Crippen LogP contribution in [0.3, 0.4) is 0 Å². The van der Waals surface area contributed by atoms with E-state index in [0.717, 1.165) is 22.5 Å². The normalized spacial score (nSPS) is 10.3. The number of hydrogen-bond donors (Lipinski definition) is 2. The van der Waals surface area contributed by atoms with Gasteiger partial charge in [-0.25, -0.2) is 0 Å². The summed E-state index contributed by atoms with van der Waals surface area (Å²) in [6.07, 6.45) is 2.66. The minimum absolute atomic E-state index is 0.0643. The summed E-state index contributed by atoms with van der Waals surface area (Å²) in [6, 6.07) is 11.3. The zero-order valence-corrected chi connectivity index (χ0v) is 11.5. The summed E-state index contributed by atoms with van der Waals surface area (Å²) in [5, 5.41) is 11.7. The maximum atomic E-state index is 11.9. The highest BCUT2D eigenvalue weighted by molar-refractivity contribution is 5.92. The van der Waals surface area contributed by atoms with Crippen LogP contribution < -0.4 is 5.32 Å². The summed E-state index contributed by atoms with van der Waals surface area (Å²) in [5.74, 6) is -0.0643. The van der Waals surface area contributed by atoms with Crippen LogP contribution >= 0.6 is 0 Å². The number of pyridine rings is 1. The van der Waals surface area contributed by atoms with Crippen molar-refractivity contribution in [3.8, 4) is 0 Å². The lowest BCUT2D eigenvalue weighted by atomic mass is 10.1. The molecule has 0 atom stereocenters. The SMILES string of the molecule is Cc1ccc(CC(=O)Nc2ccc(CCO)cc2)cn1. The Labute approximate surface area is 118 Å². The summed E-state index contributed by atoms with van der Waals surface area (Å²) < 4.78 is 0. The molecule has 0 saturated carbocycles. The molecule has 0 fully saturated rings. The summed E-state index contributed by atoms with van der Waals surface area (Å²) >= 11 is 0. The number of carbonyl (C=O) groups excluding carboxylic acids is 1. The third-order valence-corrected chi connectivity index (χ3v) is 2.98. The number of benzene rings is 1. The molecule has 4 heteroatoms. The van der Waals surface area contributed by atoms with Gasteiger partial charge in [0.25, 0.3) is 0 Å². The Morgan fingerprint density at radius 3 is 2.45 bits per heavy atom. The topological polar surface area (TPSA) is 62.2 Å². The van der Waals surface area contributed by atoms with E-state index in [9.17, 15) is 4.79 Å². The average molecular weight is 270 g/mol. The number of aliphatic hydroxyl groups is 1. The number of rotatable bonds is 5. The van der Waals surface area contributed by atoms with Crippen LogP contribution in [0.4, 0.5) is 5.69 Å². The van der Waals surface area contributed by atoms with Gasteiger partial charge in [0.05, 0.1) is 6.42 Å². The Bertz CT molecular complexity index is 562. The van der Waals surface area contributed by atoms with Gasteiger partial charge in [0.2, 0.25) is 5.91 Å². The van der Waals surface area contributed by atoms with Crippen molar-refractivity contribution in [1.82, 2.24) is 4.98 Å². The number of carbonyl (C=O) groups is 1. The number of nitrogens with zero attached hydrogens (tertiary/aromatic N) is 1. The highest BCUT2D eigenvalue weighted by atomic mass is 16.2. The average Bonchev–Trinajstić information content (AvgIpc) is 2.44. The zero-order valence-electron chi connectivity index (χ0n) is 11.5. The smallest absolute Gasteiger partial charge is 0.228 e. The fourth-order valence-corrected chi connectivity index (χ4v) is 1.88. The van der Waals surface area contributed by atoms with E-state index in [2.05, 4.69) is 10.3 Å². The van der Waals surface area contributed by atoms with E-state index in [1.54, 1.807) is 6.20 Å². The highest BCUT2D eigenvalue weighted by Crippen LogP contribution is 2.11. The lowest BCUT2D eigenvalue weighted by molar-refractivity contribution is -0.115. The van der Waals surface area contributed by atoms with Crippen LogP contribution in [-0.2, 0) is 17.6 Å². The fourth-order valence-electron chi connectivity index (χ4n) is 1.88. The molecule has 2 aromatic rings. The van der Waals surface area contributed by atoms with E-state index in [0.29, 0.717) is 12.8 Å². The first-order chi connectivity index (χ1) is 9.67. The Morgan fingerprint density at radius 2 is 1.85 bits per heavy atom. The second kappa shape index (κ2) is 6.82. The van der Waals surface area contributed by atoms with Gasteiger partial charge in [-0.05, 0) is 42.7 Å². The molecular formula is C16H18N2O2. The largest absolute Gasteiger partial charge is 0.396 e. The number of amides is 1. The Morgan fingerprint density at radius 1 is 1.15 bits per heavy atom. The first kappa shape index (κ1) is 14.2. The van der Waals surface area contributed by atoms with Crippen molar-refractivity contribution in [1.29, 1.82) is 0 Å². The molecular weight excluding hydrogens is 252 g/mol. The van der Waals surface area contributed by atoms with Crippen molar-refractivity contribution in [2.45, 2.75) is 19.8 Å². The molecule has 1 amide bonds. The lowest BCUT2D eigenvalue weighted by Gasteiger charge is -2.06. The van der Waals surface area contributed by atoms with Gasteiger partial charge >= 0.3 is 0 Å². The molecule has 0 radical (unpaired) electrons. The van der Waals surface area contributed by atoms with Crippen LogP contribution in [0.2, 0.25) is 0 Å². The molecule has 0 bridgehead atoms. The van der Waals surface area contributed by atoms with E-state index in [1.807, 2.05) is 43.3 Å². The number of aryl methyl sites for hydroxylation is 1. The molecule has 0 aliphatic rings. The van der Waals surface area contributed by atoms with Crippen LogP contribution in [0, 0.1) is 6.92 Å². The fraction of sp³-hybridized carbons (Fsp3) is 0.250. The van der Waals surface area contributed by atoms with Crippen LogP contribution in [0.15, 0.2) is 42.6 Å². The third-order valence-electron chi connectivity index (χ3n) is 2.98. The number of nitrogens with one attached hydrogen (secondary N) is 1. The second-order valence-electron chi connectivity index (χ2n) is 4.70. The Hall–Kier alpha value is -2.20. The van der Waals surface area contributed by atoms with E-state index in [4.69, 9.17) is 5.11 Å². The summed E-state index contributed by atoms with van der Waals surface area (Å²) in [7, 11) is 0. The quantitative estimate of drug-likeness (QED) is 0.874. The predicted molar refractivity (Wildman–Crippen MR) is 78.5 cm³/mol. The van der Waals surface area contributed by atoms with E-state index >= 15 is 0 Å². The second-order valence-corrected chi connectivity index (χ2v) is 4.70. The molecule has 1 aromatic carbocycles. The molecule has 104 valence electrons. The molecule has 0 aliphatic carbocycles. The van der Waals surface area contributed by atoms with E-state index in [1.165, 1.54) is 0 Å². The minimum Gasteiger partial charge on any atom is -0.396 e. The van der Waals surface area contributed by atoms with Gasteiger partial charge < -0.3 is 10.4 Å². The summed E-state index contributed by atoms with van der Waals surface area (Å²) in [6.45, 7) is 2.05. The van der Waals surface area contributed by atoms with Crippen LogP contribution in [-0.4, -0.2) is 22.6 Å². The van der Waals surface area contributed by atoms with Gasteiger partial charge in [-0.15, -0.1) is 0 Å². The van der Waals surface area contributed by atoms with Gasteiger partial charge in [-0.1, -0.05) is 18.2 Å². The van der Waals surface area contributed by atoms with E-state index in [-0.39, 0.29) is 12.5 Å². The molecule has 4 nitrogen and oxygen atoms in total. The van der Waals surface area contributed by atoms with Crippen molar-refractivity contribution in [3.63, 3.8) is 0 Å². The first-order valence-corrected chi connectivity index (χ1v) is 6.58. The maximum Gasteiger partial charge on any atom is 0.228 e. The first-order valence-electron chi connectivity index (χ1n) is 6.58. The molecule has 2 rings (SSSR count). The minimum atomic E-state index is -0.0643. The van der Waals surface area contributed by atoms with Crippen molar-refractivity contribution in [2.75, 3.05) is 11.9 Å². The number of aliphatic hydroxyl groups excluding tert-OH is 1. The van der Waals surface area contributed by atoms with Crippen LogP contribution in [0.5, 0.6) is 0 Å². The monoisotopic (exact) mass is 270 g/mol. The van der Waals surface area contributed by atoms with Crippen molar-refractivity contribution < 1.29 is 9.90 Å². The molecule has 1 aromatic heterocycles. The van der Waals surface area contributed by atoms with Gasteiger partial charge in [0.1, 0.15) is 0 Å². The number of anilines is 1. The molecule has 20 heavy (non-hydrogen) atoms. The molecule has 2 N–H and O–H groups in total. The van der Waals surface area contributed by atoms with Gasteiger partial charge in [-0.2, -0.15) is 0 Å². The molecule has 1 heterocycles. The van der Waals surface area contributed by atoms with Crippen LogP contribution in [0.25, 0.3) is 0 Å². The van der Waals surface area contributed by atoms with Gasteiger partial charge in [0.15, 0.2) is 0 Å². The van der Waals surface area contributed by atoms with E-state index < -0.39 is 0 Å². The Kier molecular flexibility index (Phi) is 4.85. The standard InChI is InChI=1S/C16H18N2O2/c1-12-2-3-14(11-17-12)10-16(20)18-15-6-4-13(5-7-15)8-9-19/h2-7,11,19H,8-10H2,1H3,(H,18,20). The lowest BCUT2D eigenvalue weighted by Crippen LogP contribution is -2.14. The van der Waals surface area contributed by atoms with Gasteiger partial charge in [0, 0.05) is 24.2 Å². The highest BCUT2D eigenvalue weighted by Gasteiger charge is 2.04. The van der Waals surface area contributed by atoms with Crippen molar-refractivity contribution >= 4 is 11.6 Å². The molecule has 0 unspecified atom stereocenters.